The highest BCUT2D eigenvalue weighted by Crippen LogP contribution is 2.03. The molecule has 1 aromatic rings. The fourth-order valence-electron chi connectivity index (χ4n) is 1.52. The highest BCUT2D eigenvalue weighted by atomic mass is 16.5. The van der Waals surface area contributed by atoms with Crippen molar-refractivity contribution in [1.29, 1.82) is 0 Å². The third-order valence-electron chi connectivity index (χ3n) is 2.39. The molecule has 0 aliphatic heterocycles. The van der Waals surface area contributed by atoms with Gasteiger partial charge in [0.2, 0.25) is 0 Å². The van der Waals surface area contributed by atoms with Crippen molar-refractivity contribution in [3.8, 4) is 0 Å². The van der Waals surface area contributed by atoms with Crippen molar-refractivity contribution in [1.82, 2.24) is 5.32 Å². The molecule has 0 radical (unpaired) electrons. The number of nitrogens with one attached hydrogen (secondary N) is 1. The first-order valence-corrected chi connectivity index (χ1v) is 5.67. The number of unbranched alkanes of at least 4 members (excludes halogenated alkanes) is 1. The van der Waals surface area contributed by atoms with Crippen LogP contribution in [0.25, 0.3) is 0 Å². The zero-order valence-corrected chi connectivity index (χ0v) is 9.54. The molecule has 0 aromatic heterocycles. The number of rotatable bonds is 8. The highest BCUT2D eigenvalue weighted by molar-refractivity contribution is 5.14. The Kier molecular flexibility index (Phi) is 6.88. The van der Waals surface area contributed by atoms with Crippen LogP contribution in [0.2, 0.25) is 0 Å². The monoisotopic (exact) mass is 207 g/mol. The van der Waals surface area contributed by atoms with Crippen LogP contribution in [0.1, 0.15) is 18.4 Å². The molecule has 0 aliphatic rings. The minimum Gasteiger partial charge on any atom is -0.383 e. The fraction of sp³-hybridized carbons (Fsp3) is 0.538. The lowest BCUT2D eigenvalue weighted by Gasteiger charge is -2.04. The first-order chi connectivity index (χ1) is 7.43. The zero-order valence-electron chi connectivity index (χ0n) is 9.54. The van der Waals surface area contributed by atoms with E-state index in [1.807, 2.05) is 0 Å². The molecule has 0 saturated carbocycles. The molecule has 84 valence electrons. The Balaban J connectivity index is 1.93. The summed E-state index contributed by atoms with van der Waals surface area (Å²) in [5.41, 5.74) is 1.44. The maximum absolute atomic E-state index is 4.96. The van der Waals surface area contributed by atoms with Gasteiger partial charge in [0.05, 0.1) is 6.61 Å². The Morgan fingerprint density at radius 1 is 1.07 bits per heavy atom. The Bertz CT molecular complexity index is 236. The van der Waals surface area contributed by atoms with Gasteiger partial charge in [-0.25, -0.2) is 0 Å². The fourth-order valence-corrected chi connectivity index (χ4v) is 1.52. The van der Waals surface area contributed by atoms with Crippen molar-refractivity contribution in [2.24, 2.45) is 0 Å². The van der Waals surface area contributed by atoms with Gasteiger partial charge >= 0.3 is 0 Å². The SMILES string of the molecule is COCCNCCCCc1ccccc1. The topological polar surface area (TPSA) is 21.3 Å². The van der Waals surface area contributed by atoms with Crippen LogP contribution in [0.5, 0.6) is 0 Å². The summed E-state index contributed by atoms with van der Waals surface area (Å²) in [6, 6.07) is 10.7. The summed E-state index contributed by atoms with van der Waals surface area (Å²) < 4.78 is 4.96. The molecule has 2 nitrogen and oxygen atoms in total. The molecule has 0 saturated heterocycles. The van der Waals surface area contributed by atoms with Crippen LogP contribution in [-0.4, -0.2) is 26.8 Å². The van der Waals surface area contributed by atoms with Crippen LogP contribution in [0, 0.1) is 0 Å². The first-order valence-electron chi connectivity index (χ1n) is 5.67. The molecule has 0 aliphatic carbocycles. The van der Waals surface area contributed by atoms with Gasteiger partial charge in [-0.2, -0.15) is 0 Å². The van der Waals surface area contributed by atoms with E-state index in [4.69, 9.17) is 4.74 Å². The van der Waals surface area contributed by atoms with E-state index in [2.05, 4.69) is 35.6 Å². The molecule has 0 spiro atoms. The number of ether oxygens (including phenoxy) is 1. The van der Waals surface area contributed by atoms with Crippen LogP contribution in [0.4, 0.5) is 0 Å². The molecule has 1 aromatic carbocycles. The van der Waals surface area contributed by atoms with Gasteiger partial charge in [-0.3, -0.25) is 0 Å². The van der Waals surface area contributed by atoms with Crippen LogP contribution in [-0.2, 0) is 11.2 Å². The smallest absolute Gasteiger partial charge is 0.0587 e. The Morgan fingerprint density at radius 2 is 1.87 bits per heavy atom. The van der Waals surface area contributed by atoms with Gasteiger partial charge in [-0.15, -0.1) is 0 Å². The van der Waals surface area contributed by atoms with Crippen molar-refractivity contribution in [3.63, 3.8) is 0 Å². The van der Waals surface area contributed by atoms with Crippen LogP contribution in [0.3, 0.4) is 0 Å². The van der Waals surface area contributed by atoms with E-state index in [0.717, 1.165) is 19.7 Å². The van der Waals surface area contributed by atoms with Crippen LogP contribution >= 0.6 is 0 Å². The molecule has 2 heteroatoms. The minimum absolute atomic E-state index is 0.804. The summed E-state index contributed by atoms with van der Waals surface area (Å²) >= 11 is 0. The molecular weight excluding hydrogens is 186 g/mol. The van der Waals surface area contributed by atoms with E-state index in [1.54, 1.807) is 7.11 Å². The number of hydrogen-bond acceptors (Lipinski definition) is 2. The van der Waals surface area contributed by atoms with Gasteiger partial charge in [-0.1, -0.05) is 30.3 Å². The Hall–Kier alpha value is -0.860. The number of aryl methyl sites for hydroxylation is 1. The number of methoxy groups -OCH3 is 1. The number of benzene rings is 1. The summed E-state index contributed by atoms with van der Waals surface area (Å²) in [5, 5.41) is 3.35. The molecule has 15 heavy (non-hydrogen) atoms. The van der Waals surface area contributed by atoms with E-state index in [0.29, 0.717) is 0 Å². The molecule has 0 bridgehead atoms. The van der Waals surface area contributed by atoms with E-state index in [9.17, 15) is 0 Å². The van der Waals surface area contributed by atoms with Crippen molar-refractivity contribution in [3.05, 3.63) is 35.9 Å². The molecule has 0 unspecified atom stereocenters. The standard InChI is InChI=1S/C13H21NO/c1-15-12-11-14-10-6-5-9-13-7-3-2-4-8-13/h2-4,7-8,14H,5-6,9-12H2,1H3. The summed E-state index contributed by atoms with van der Waals surface area (Å²) in [5.74, 6) is 0. The lowest BCUT2D eigenvalue weighted by molar-refractivity contribution is 0.199. The third kappa shape index (κ3) is 6.26. The Morgan fingerprint density at radius 3 is 2.60 bits per heavy atom. The van der Waals surface area contributed by atoms with E-state index in [1.165, 1.54) is 24.8 Å². The van der Waals surface area contributed by atoms with Crippen LogP contribution < -0.4 is 5.32 Å². The average Bonchev–Trinajstić information content (AvgIpc) is 2.29. The molecule has 0 fully saturated rings. The van der Waals surface area contributed by atoms with Crippen LogP contribution in [0.15, 0.2) is 30.3 Å². The van der Waals surface area contributed by atoms with Crippen molar-refractivity contribution < 1.29 is 4.74 Å². The first kappa shape index (κ1) is 12.2. The van der Waals surface area contributed by atoms with Gasteiger partial charge in [0.15, 0.2) is 0 Å². The average molecular weight is 207 g/mol. The van der Waals surface area contributed by atoms with E-state index in [-0.39, 0.29) is 0 Å². The van der Waals surface area contributed by atoms with Gasteiger partial charge in [0, 0.05) is 13.7 Å². The van der Waals surface area contributed by atoms with Crippen molar-refractivity contribution in [2.75, 3.05) is 26.8 Å². The second-order valence-corrected chi connectivity index (χ2v) is 3.69. The zero-order chi connectivity index (χ0) is 10.8. The number of hydrogen-bond donors (Lipinski definition) is 1. The molecule has 1 rings (SSSR count). The predicted octanol–water partition coefficient (Wildman–Crippen LogP) is 2.25. The summed E-state index contributed by atoms with van der Waals surface area (Å²) in [7, 11) is 1.73. The van der Waals surface area contributed by atoms with E-state index < -0.39 is 0 Å². The second-order valence-electron chi connectivity index (χ2n) is 3.69. The highest BCUT2D eigenvalue weighted by Gasteiger charge is 1.92. The molecular formula is C13H21NO. The Labute approximate surface area is 92.6 Å². The maximum Gasteiger partial charge on any atom is 0.0587 e. The third-order valence-corrected chi connectivity index (χ3v) is 2.39. The second kappa shape index (κ2) is 8.45. The lowest BCUT2D eigenvalue weighted by atomic mass is 10.1. The minimum atomic E-state index is 0.804. The largest absolute Gasteiger partial charge is 0.383 e. The normalized spacial score (nSPS) is 10.5. The summed E-state index contributed by atoms with van der Waals surface area (Å²) in [6.45, 7) is 2.86. The summed E-state index contributed by atoms with van der Waals surface area (Å²) in [6.07, 6.45) is 3.68. The van der Waals surface area contributed by atoms with Gasteiger partial charge in [0.25, 0.3) is 0 Å². The van der Waals surface area contributed by atoms with Gasteiger partial charge in [-0.05, 0) is 31.4 Å². The molecule has 0 amide bonds. The van der Waals surface area contributed by atoms with Gasteiger partial charge in [0.1, 0.15) is 0 Å². The van der Waals surface area contributed by atoms with E-state index >= 15 is 0 Å². The van der Waals surface area contributed by atoms with Crippen molar-refractivity contribution >= 4 is 0 Å². The van der Waals surface area contributed by atoms with Gasteiger partial charge < -0.3 is 10.1 Å². The molecule has 0 atom stereocenters. The lowest BCUT2D eigenvalue weighted by Crippen LogP contribution is -2.20. The summed E-state index contributed by atoms with van der Waals surface area (Å²) in [4.78, 5) is 0. The maximum atomic E-state index is 4.96. The quantitative estimate of drug-likeness (QED) is 0.660. The molecule has 1 N–H and O–H groups in total. The molecule has 0 heterocycles. The van der Waals surface area contributed by atoms with Crippen molar-refractivity contribution in [2.45, 2.75) is 19.3 Å². The predicted molar refractivity (Wildman–Crippen MR) is 64.1 cm³/mol.